The molecule has 0 bridgehead atoms. The zero-order chi connectivity index (χ0) is 19.6. The Hall–Kier alpha value is -2.44. The van der Waals surface area contributed by atoms with Crippen LogP contribution in [0, 0.1) is 6.92 Å². The molecule has 27 heavy (non-hydrogen) atoms. The van der Waals surface area contributed by atoms with E-state index in [9.17, 15) is 14.7 Å². The highest BCUT2D eigenvalue weighted by atomic mass is 32.1. The minimum atomic E-state index is -0.622. The van der Waals surface area contributed by atoms with E-state index in [0.29, 0.717) is 18.0 Å². The molecule has 1 unspecified atom stereocenters. The van der Waals surface area contributed by atoms with E-state index in [4.69, 9.17) is 4.74 Å². The summed E-state index contributed by atoms with van der Waals surface area (Å²) >= 11 is 1.30. The molecule has 0 saturated carbocycles. The van der Waals surface area contributed by atoms with Gasteiger partial charge in [0.2, 0.25) is 5.78 Å². The maximum absolute atomic E-state index is 13.0. The molecule has 3 rings (SSSR count). The van der Waals surface area contributed by atoms with Crippen LogP contribution < -0.4 is 0 Å². The lowest BCUT2D eigenvalue weighted by Crippen LogP contribution is -2.34. The van der Waals surface area contributed by atoms with Crippen molar-refractivity contribution >= 4 is 23.0 Å². The van der Waals surface area contributed by atoms with E-state index in [1.54, 1.807) is 17.5 Å². The van der Waals surface area contributed by atoms with Crippen LogP contribution in [0.15, 0.2) is 53.1 Å². The van der Waals surface area contributed by atoms with Crippen molar-refractivity contribution in [3.05, 3.63) is 69.1 Å². The smallest absolute Gasteiger partial charge is 0.290 e. The second-order valence-electron chi connectivity index (χ2n) is 6.80. The van der Waals surface area contributed by atoms with Gasteiger partial charge >= 0.3 is 0 Å². The first-order valence-electron chi connectivity index (χ1n) is 8.90. The van der Waals surface area contributed by atoms with E-state index in [-0.39, 0.29) is 17.5 Å². The number of hydrogen-bond acceptors (Lipinski definition) is 5. The molecule has 1 aliphatic rings. The molecule has 1 aromatic carbocycles. The molecule has 6 heteroatoms. The maximum Gasteiger partial charge on any atom is 0.290 e. The number of rotatable bonds is 7. The third-order valence-electron chi connectivity index (χ3n) is 4.43. The monoisotopic (exact) mass is 385 g/mol. The Morgan fingerprint density at radius 2 is 2.07 bits per heavy atom. The third kappa shape index (κ3) is 3.96. The molecule has 142 valence electrons. The topological polar surface area (TPSA) is 66.8 Å². The van der Waals surface area contributed by atoms with Gasteiger partial charge in [-0.1, -0.05) is 35.9 Å². The largest absolute Gasteiger partial charge is 0.503 e. The summed E-state index contributed by atoms with van der Waals surface area (Å²) < 4.78 is 5.59. The van der Waals surface area contributed by atoms with E-state index in [1.165, 1.54) is 16.2 Å². The lowest BCUT2D eigenvalue weighted by atomic mass is 9.94. The summed E-state index contributed by atoms with van der Waals surface area (Å²) in [5.41, 5.74) is 1.96. The zero-order valence-electron chi connectivity index (χ0n) is 15.6. The molecule has 1 N–H and O–H groups in total. The molecule has 1 aromatic heterocycles. The van der Waals surface area contributed by atoms with Crippen LogP contribution in [0.2, 0.25) is 0 Å². The standard InChI is InChI=1S/C21H23NO4S/c1-13(2)26-10-9-22-18(15-7-4-6-14(3)12-15)17(20(24)21(22)25)19(23)16-8-5-11-27-16/h4-8,11-13,18,24H,9-10H2,1-3H3. The second kappa shape index (κ2) is 8.06. The SMILES string of the molecule is Cc1cccc(C2C(C(=O)c3cccs3)=C(O)C(=O)N2CCOC(C)C)c1. The molecule has 2 heterocycles. The van der Waals surface area contributed by atoms with Gasteiger partial charge in [0, 0.05) is 6.54 Å². The lowest BCUT2D eigenvalue weighted by molar-refractivity contribution is -0.130. The number of ether oxygens (including phenoxy) is 1. The van der Waals surface area contributed by atoms with Crippen LogP contribution >= 0.6 is 11.3 Å². The molecular formula is C21H23NO4S. The Balaban J connectivity index is 2.00. The number of aryl methyl sites for hydroxylation is 1. The zero-order valence-corrected chi connectivity index (χ0v) is 16.5. The minimum absolute atomic E-state index is 0.0360. The van der Waals surface area contributed by atoms with Crippen LogP contribution in [0.3, 0.4) is 0 Å². The summed E-state index contributed by atoms with van der Waals surface area (Å²) in [5.74, 6) is -1.31. The summed E-state index contributed by atoms with van der Waals surface area (Å²) in [4.78, 5) is 27.8. The number of amides is 1. The van der Waals surface area contributed by atoms with Gasteiger partial charge in [-0.15, -0.1) is 11.3 Å². The Labute approximate surface area is 162 Å². The Bertz CT molecular complexity index is 870. The van der Waals surface area contributed by atoms with Crippen molar-refractivity contribution in [3.63, 3.8) is 0 Å². The average molecular weight is 385 g/mol. The molecule has 0 aliphatic carbocycles. The number of ketones is 1. The van der Waals surface area contributed by atoms with E-state index in [1.807, 2.05) is 45.0 Å². The summed E-state index contributed by atoms with van der Waals surface area (Å²) in [5, 5.41) is 12.3. The number of nitrogens with zero attached hydrogens (tertiary/aromatic N) is 1. The average Bonchev–Trinajstić information content (AvgIpc) is 3.24. The van der Waals surface area contributed by atoms with E-state index < -0.39 is 17.7 Å². The van der Waals surface area contributed by atoms with Gasteiger partial charge in [0.05, 0.1) is 29.2 Å². The minimum Gasteiger partial charge on any atom is -0.503 e. The van der Waals surface area contributed by atoms with Gasteiger partial charge in [0.1, 0.15) is 0 Å². The van der Waals surface area contributed by atoms with Crippen molar-refractivity contribution in [3.8, 4) is 0 Å². The summed E-state index contributed by atoms with van der Waals surface area (Å²) in [6.07, 6.45) is 0.0360. The molecule has 5 nitrogen and oxygen atoms in total. The van der Waals surface area contributed by atoms with Crippen LogP contribution in [0.5, 0.6) is 0 Å². The van der Waals surface area contributed by atoms with Gasteiger partial charge in [-0.25, -0.2) is 0 Å². The van der Waals surface area contributed by atoms with Crippen LogP contribution in [-0.4, -0.2) is 41.0 Å². The number of thiophene rings is 1. The lowest BCUT2D eigenvalue weighted by Gasteiger charge is -2.27. The van der Waals surface area contributed by atoms with Gasteiger partial charge in [-0.05, 0) is 37.8 Å². The Morgan fingerprint density at radius 1 is 1.30 bits per heavy atom. The molecule has 1 amide bonds. The number of hydrogen-bond donors (Lipinski definition) is 1. The Morgan fingerprint density at radius 3 is 2.70 bits per heavy atom. The second-order valence-corrected chi connectivity index (χ2v) is 7.75. The molecule has 0 saturated heterocycles. The highest BCUT2D eigenvalue weighted by Crippen LogP contribution is 2.39. The highest BCUT2D eigenvalue weighted by molar-refractivity contribution is 7.12. The molecule has 1 atom stereocenters. The molecular weight excluding hydrogens is 362 g/mol. The summed E-state index contributed by atoms with van der Waals surface area (Å²) in [7, 11) is 0. The van der Waals surface area contributed by atoms with Crippen molar-refractivity contribution in [2.75, 3.05) is 13.2 Å². The number of carbonyl (C=O) groups excluding carboxylic acids is 2. The number of carbonyl (C=O) groups is 2. The summed E-state index contributed by atoms with van der Waals surface area (Å²) in [6, 6.07) is 10.5. The first kappa shape index (κ1) is 19.3. The number of aliphatic hydroxyl groups excluding tert-OH is 1. The van der Waals surface area contributed by atoms with Crippen molar-refractivity contribution in [1.29, 1.82) is 0 Å². The van der Waals surface area contributed by atoms with Gasteiger partial charge in [-0.2, -0.15) is 0 Å². The fraction of sp³-hybridized carbons (Fsp3) is 0.333. The number of Topliss-reactive ketones (excluding diaryl/α,β-unsaturated/α-hetero) is 1. The van der Waals surface area contributed by atoms with Crippen molar-refractivity contribution in [2.24, 2.45) is 0 Å². The molecule has 1 aliphatic heterocycles. The number of benzene rings is 1. The molecule has 0 spiro atoms. The first-order chi connectivity index (χ1) is 12.9. The normalized spacial score (nSPS) is 17.3. The van der Waals surface area contributed by atoms with E-state index >= 15 is 0 Å². The fourth-order valence-electron chi connectivity index (χ4n) is 3.23. The van der Waals surface area contributed by atoms with Crippen LogP contribution in [0.25, 0.3) is 0 Å². The number of aliphatic hydroxyl groups is 1. The van der Waals surface area contributed by atoms with Crippen molar-refractivity contribution < 1.29 is 19.4 Å². The summed E-state index contributed by atoms with van der Waals surface area (Å²) in [6.45, 7) is 6.42. The molecule has 0 radical (unpaired) electrons. The Kier molecular flexibility index (Phi) is 5.77. The third-order valence-corrected chi connectivity index (χ3v) is 5.30. The van der Waals surface area contributed by atoms with Crippen LogP contribution in [0.1, 0.15) is 40.7 Å². The van der Waals surface area contributed by atoms with Gasteiger partial charge in [-0.3, -0.25) is 9.59 Å². The maximum atomic E-state index is 13.0. The van der Waals surface area contributed by atoms with E-state index in [2.05, 4.69) is 0 Å². The van der Waals surface area contributed by atoms with Crippen LogP contribution in [0.4, 0.5) is 0 Å². The van der Waals surface area contributed by atoms with Crippen LogP contribution in [-0.2, 0) is 9.53 Å². The fourth-order valence-corrected chi connectivity index (χ4v) is 3.91. The van der Waals surface area contributed by atoms with E-state index in [0.717, 1.165) is 11.1 Å². The molecule has 0 fully saturated rings. The molecule has 2 aromatic rings. The first-order valence-corrected chi connectivity index (χ1v) is 9.78. The van der Waals surface area contributed by atoms with Crippen molar-refractivity contribution in [1.82, 2.24) is 4.90 Å². The van der Waals surface area contributed by atoms with Gasteiger partial charge in [0.25, 0.3) is 5.91 Å². The quantitative estimate of drug-likeness (QED) is 0.730. The van der Waals surface area contributed by atoms with Crippen molar-refractivity contribution in [2.45, 2.75) is 32.9 Å². The predicted molar refractivity (Wildman–Crippen MR) is 105 cm³/mol. The van der Waals surface area contributed by atoms with Gasteiger partial charge in [0.15, 0.2) is 5.76 Å². The van der Waals surface area contributed by atoms with Gasteiger partial charge < -0.3 is 14.7 Å². The highest BCUT2D eigenvalue weighted by Gasteiger charge is 2.43. The predicted octanol–water partition coefficient (Wildman–Crippen LogP) is 4.06.